The van der Waals surface area contributed by atoms with E-state index in [0.717, 1.165) is 4.90 Å². The van der Waals surface area contributed by atoms with Crippen molar-refractivity contribution in [2.45, 2.75) is 12.0 Å². The number of non-ortho nitro benzene ring substituents is 1. The number of esters is 1. The zero-order valence-electron chi connectivity index (χ0n) is 11.6. The summed E-state index contributed by atoms with van der Waals surface area (Å²) in [4.78, 5) is 46.2. The standard InChI is InChI=1S/C14H10N2O6S/c17-11-12(18)15-10(5-6-23-13(11)15)14(19)22-7-8-1-3-9(4-2-8)16(20)21/h1-5,13H,6-7H2/t13-/m1/s1. The number of amides is 1. The number of Topliss-reactive ketones (excluding diaryl/α,β-unsaturated/α-hetero) is 1. The highest BCUT2D eigenvalue weighted by Crippen LogP contribution is 2.35. The number of hydrogen-bond donors (Lipinski definition) is 0. The van der Waals surface area contributed by atoms with Crippen LogP contribution in [0.2, 0.25) is 0 Å². The van der Waals surface area contributed by atoms with Gasteiger partial charge in [-0.05, 0) is 23.8 Å². The van der Waals surface area contributed by atoms with Gasteiger partial charge in [0, 0.05) is 17.9 Å². The molecule has 1 aromatic rings. The zero-order chi connectivity index (χ0) is 16.6. The summed E-state index contributed by atoms with van der Waals surface area (Å²) in [6, 6.07) is 5.59. The number of thioether (sulfide) groups is 1. The number of fused-ring (bicyclic) bond motifs is 1. The minimum atomic E-state index is -0.708. The van der Waals surface area contributed by atoms with Gasteiger partial charge in [-0.2, -0.15) is 0 Å². The first-order chi connectivity index (χ1) is 11.0. The van der Waals surface area contributed by atoms with Crippen molar-refractivity contribution in [2.75, 3.05) is 5.75 Å². The highest BCUT2D eigenvalue weighted by molar-refractivity contribution is 8.01. The molecule has 0 aliphatic carbocycles. The van der Waals surface area contributed by atoms with E-state index >= 15 is 0 Å². The second kappa shape index (κ2) is 5.84. The molecule has 2 aliphatic heterocycles. The maximum Gasteiger partial charge on any atom is 0.355 e. The molecule has 3 rings (SSSR count). The van der Waals surface area contributed by atoms with E-state index in [1.165, 1.54) is 36.0 Å². The summed E-state index contributed by atoms with van der Waals surface area (Å²) in [5.41, 5.74) is 0.595. The van der Waals surface area contributed by atoms with Crippen molar-refractivity contribution in [3.63, 3.8) is 0 Å². The number of nitro benzene ring substituents is 1. The van der Waals surface area contributed by atoms with Crippen LogP contribution in [0, 0.1) is 10.1 Å². The highest BCUT2D eigenvalue weighted by atomic mass is 32.2. The minimum absolute atomic E-state index is 0.0559. The Morgan fingerprint density at radius 1 is 1.35 bits per heavy atom. The summed E-state index contributed by atoms with van der Waals surface area (Å²) in [5.74, 6) is -1.47. The van der Waals surface area contributed by atoms with Crippen LogP contribution in [0.5, 0.6) is 0 Å². The average molecular weight is 334 g/mol. The molecular weight excluding hydrogens is 324 g/mol. The smallest absolute Gasteiger partial charge is 0.355 e. The van der Waals surface area contributed by atoms with Crippen LogP contribution in [0.4, 0.5) is 5.69 Å². The molecule has 0 N–H and O–H groups in total. The number of carbonyl (C=O) groups excluding carboxylic acids is 3. The van der Waals surface area contributed by atoms with Gasteiger partial charge in [0.25, 0.3) is 17.4 Å². The van der Waals surface area contributed by atoms with Crippen LogP contribution in [-0.2, 0) is 25.7 Å². The van der Waals surface area contributed by atoms with Gasteiger partial charge in [0.1, 0.15) is 12.3 Å². The topological polar surface area (TPSA) is 107 Å². The number of nitro groups is 1. The first-order valence-electron chi connectivity index (χ1n) is 6.58. The van der Waals surface area contributed by atoms with Crippen LogP contribution in [0.25, 0.3) is 0 Å². The Kier molecular flexibility index (Phi) is 3.87. The number of ketones is 1. The van der Waals surface area contributed by atoms with Crippen molar-refractivity contribution < 1.29 is 24.0 Å². The van der Waals surface area contributed by atoms with E-state index < -0.39 is 28.0 Å². The Hall–Kier alpha value is -2.68. The van der Waals surface area contributed by atoms with E-state index in [2.05, 4.69) is 0 Å². The predicted octanol–water partition coefficient (Wildman–Crippen LogP) is 1.01. The van der Waals surface area contributed by atoms with Crippen LogP contribution in [0.15, 0.2) is 36.0 Å². The summed E-state index contributed by atoms with van der Waals surface area (Å²) >= 11 is 1.27. The van der Waals surface area contributed by atoms with Gasteiger partial charge in [-0.15, -0.1) is 11.8 Å². The molecule has 9 heteroatoms. The quantitative estimate of drug-likeness (QED) is 0.266. The molecule has 1 fully saturated rings. The zero-order valence-corrected chi connectivity index (χ0v) is 12.4. The van der Waals surface area contributed by atoms with Gasteiger partial charge < -0.3 is 4.74 Å². The Morgan fingerprint density at radius 3 is 2.70 bits per heavy atom. The summed E-state index contributed by atoms with van der Waals surface area (Å²) in [6.45, 7) is -0.0814. The van der Waals surface area contributed by atoms with Gasteiger partial charge in [0.05, 0.1) is 4.92 Å². The molecule has 0 radical (unpaired) electrons. The van der Waals surface area contributed by atoms with Crippen LogP contribution in [0.1, 0.15) is 5.56 Å². The molecule has 1 atom stereocenters. The lowest BCUT2D eigenvalue weighted by Gasteiger charge is -2.40. The number of carbonyl (C=O) groups is 3. The molecule has 8 nitrogen and oxygen atoms in total. The van der Waals surface area contributed by atoms with Crippen molar-refractivity contribution in [3.05, 3.63) is 51.7 Å². The molecule has 0 saturated carbocycles. The largest absolute Gasteiger partial charge is 0.456 e. The molecule has 23 heavy (non-hydrogen) atoms. The van der Waals surface area contributed by atoms with Crippen molar-refractivity contribution in [3.8, 4) is 0 Å². The fourth-order valence-corrected chi connectivity index (χ4v) is 3.25. The van der Waals surface area contributed by atoms with Crippen LogP contribution in [0.3, 0.4) is 0 Å². The predicted molar refractivity (Wildman–Crippen MR) is 79.1 cm³/mol. The van der Waals surface area contributed by atoms with Crippen molar-refractivity contribution in [2.24, 2.45) is 0 Å². The van der Waals surface area contributed by atoms with Gasteiger partial charge in [0.15, 0.2) is 5.37 Å². The van der Waals surface area contributed by atoms with Crippen LogP contribution in [-0.4, -0.2) is 38.6 Å². The Bertz CT molecular complexity index is 742. The molecule has 0 spiro atoms. The number of nitrogens with zero attached hydrogens (tertiary/aromatic N) is 2. The van der Waals surface area contributed by atoms with Gasteiger partial charge in [-0.25, -0.2) is 4.79 Å². The third-order valence-electron chi connectivity index (χ3n) is 3.40. The maximum absolute atomic E-state index is 12.1. The average Bonchev–Trinajstić information content (AvgIpc) is 2.58. The lowest BCUT2D eigenvalue weighted by molar-refractivity contribution is -0.384. The van der Waals surface area contributed by atoms with Crippen molar-refractivity contribution in [1.29, 1.82) is 0 Å². The molecule has 1 saturated heterocycles. The van der Waals surface area contributed by atoms with E-state index in [1.54, 1.807) is 6.08 Å². The second-order valence-corrected chi connectivity index (χ2v) is 5.93. The first-order valence-corrected chi connectivity index (χ1v) is 7.63. The molecule has 2 aliphatic rings. The Morgan fingerprint density at radius 2 is 2.04 bits per heavy atom. The summed E-state index contributed by atoms with van der Waals surface area (Å²) in [5, 5.41) is 9.93. The fraction of sp³-hybridized carbons (Fsp3) is 0.214. The molecule has 0 unspecified atom stereocenters. The number of benzene rings is 1. The lowest BCUT2D eigenvalue weighted by atomic mass is 10.1. The molecule has 1 amide bonds. The second-order valence-electron chi connectivity index (χ2n) is 4.81. The van der Waals surface area contributed by atoms with Crippen LogP contribution < -0.4 is 0 Å². The number of ether oxygens (including phenoxy) is 1. The summed E-state index contributed by atoms with van der Waals surface area (Å²) in [6.07, 6.45) is 1.55. The highest BCUT2D eigenvalue weighted by Gasteiger charge is 2.51. The summed E-state index contributed by atoms with van der Waals surface area (Å²) < 4.78 is 5.11. The fourth-order valence-electron chi connectivity index (χ4n) is 2.20. The number of β-lactam (4-membered cyclic amide) rings is 1. The van der Waals surface area contributed by atoms with E-state index in [4.69, 9.17) is 4.74 Å². The molecule has 0 aromatic heterocycles. The number of hydrogen-bond acceptors (Lipinski definition) is 7. The van der Waals surface area contributed by atoms with Gasteiger partial charge in [-0.1, -0.05) is 0 Å². The van der Waals surface area contributed by atoms with E-state index in [-0.39, 0.29) is 18.0 Å². The monoisotopic (exact) mass is 334 g/mol. The van der Waals surface area contributed by atoms with Crippen molar-refractivity contribution >= 4 is 35.1 Å². The van der Waals surface area contributed by atoms with Crippen molar-refractivity contribution in [1.82, 2.24) is 4.90 Å². The van der Waals surface area contributed by atoms with Gasteiger partial charge in [0.2, 0.25) is 0 Å². The third kappa shape index (κ3) is 2.70. The Labute approximate surface area is 134 Å². The van der Waals surface area contributed by atoms with E-state index in [9.17, 15) is 24.5 Å². The molecule has 118 valence electrons. The number of rotatable bonds is 4. The maximum atomic E-state index is 12.1. The minimum Gasteiger partial charge on any atom is -0.456 e. The molecular formula is C14H10N2O6S. The molecule has 0 bridgehead atoms. The molecule has 1 aromatic carbocycles. The van der Waals surface area contributed by atoms with Gasteiger partial charge in [-0.3, -0.25) is 24.6 Å². The Balaban J connectivity index is 1.63. The van der Waals surface area contributed by atoms with Crippen LogP contribution >= 0.6 is 11.8 Å². The third-order valence-corrected chi connectivity index (χ3v) is 4.50. The van der Waals surface area contributed by atoms with E-state index in [0.29, 0.717) is 11.3 Å². The summed E-state index contributed by atoms with van der Waals surface area (Å²) in [7, 11) is 0. The van der Waals surface area contributed by atoms with Gasteiger partial charge >= 0.3 is 5.97 Å². The van der Waals surface area contributed by atoms with E-state index in [1.807, 2.05) is 0 Å². The SMILES string of the molecule is O=C(OCc1ccc([N+](=O)[O-])cc1)C1=CCS[C@@H]2C(=O)C(=O)N12. The first kappa shape index (κ1) is 15.2. The lowest BCUT2D eigenvalue weighted by Crippen LogP contribution is -2.61. The normalized spacial score (nSPS) is 19.6. The molecule has 2 heterocycles.